The quantitative estimate of drug-likeness (QED) is 0.129. The van der Waals surface area contributed by atoms with Crippen LogP contribution in [-0.2, 0) is 35.2 Å². The molecule has 0 aliphatic carbocycles. The molecule has 4 atom stereocenters. The molecule has 1 aliphatic rings. The fraction of sp³-hybridized carbons (Fsp3) is 0.472. The molecular weight excluding hydrogens is 658 g/mol. The molecule has 0 saturated carbocycles. The van der Waals surface area contributed by atoms with Crippen molar-refractivity contribution in [3.8, 4) is 0 Å². The van der Waals surface area contributed by atoms with Crippen molar-refractivity contribution in [3.05, 3.63) is 59.7 Å². The van der Waals surface area contributed by atoms with Gasteiger partial charge in [0.25, 0.3) is 0 Å². The average Bonchev–Trinajstić information content (AvgIpc) is 3.57. The predicted molar refractivity (Wildman–Crippen MR) is 190 cm³/mol. The number of aryl methyl sites for hydroxylation is 1. The van der Waals surface area contributed by atoms with Crippen LogP contribution in [0.4, 0.5) is 16.2 Å². The lowest BCUT2D eigenvalue weighted by Gasteiger charge is -2.31. The maximum Gasteiger partial charge on any atom is 0.323 e. The van der Waals surface area contributed by atoms with E-state index in [9.17, 15) is 38.7 Å². The molecule has 2 aromatic carbocycles. The molecule has 51 heavy (non-hydrogen) atoms. The van der Waals surface area contributed by atoms with Crippen molar-refractivity contribution in [2.24, 2.45) is 11.7 Å². The van der Waals surface area contributed by atoms with E-state index in [1.807, 2.05) is 32.0 Å². The summed E-state index contributed by atoms with van der Waals surface area (Å²) in [7, 11) is 0. The Bertz CT molecular complexity index is 1580. The van der Waals surface area contributed by atoms with Gasteiger partial charge in [-0.25, -0.2) is 4.79 Å². The number of hydrogen-bond donors (Lipinski definition) is 7. The third-order valence-electron chi connectivity index (χ3n) is 8.57. The van der Waals surface area contributed by atoms with E-state index in [2.05, 4.69) is 26.6 Å². The summed E-state index contributed by atoms with van der Waals surface area (Å²) in [6, 6.07) is 8.99. The van der Waals surface area contributed by atoms with Crippen molar-refractivity contribution in [2.75, 3.05) is 17.2 Å². The summed E-state index contributed by atoms with van der Waals surface area (Å²) in [6.45, 7) is 7.44. The first-order chi connectivity index (χ1) is 24.2. The molecule has 8 N–H and O–H groups in total. The molecule has 1 heterocycles. The lowest BCUT2D eigenvalue weighted by Crippen LogP contribution is -2.59. The van der Waals surface area contributed by atoms with Crippen LogP contribution in [0.3, 0.4) is 0 Å². The zero-order valence-electron chi connectivity index (χ0n) is 29.5. The Balaban J connectivity index is 1.64. The Kier molecular flexibility index (Phi) is 14.9. The monoisotopic (exact) mass is 707 g/mol. The van der Waals surface area contributed by atoms with Crippen LogP contribution in [0.1, 0.15) is 70.4 Å². The van der Waals surface area contributed by atoms with Crippen LogP contribution in [0.15, 0.2) is 48.5 Å². The number of para-hydroxylation sites is 1. The topological polar surface area (TPSA) is 229 Å². The summed E-state index contributed by atoms with van der Waals surface area (Å²) >= 11 is 0. The number of benzene rings is 2. The molecule has 2 aromatic rings. The molecule has 1 aliphatic heterocycles. The molecule has 0 aromatic heterocycles. The Labute approximate surface area is 297 Å². The Morgan fingerprint density at radius 3 is 2.18 bits per heavy atom. The number of carboxylic acid groups (broad SMARTS) is 1. The molecule has 7 amide bonds. The number of carbonyl (C=O) groups is 7. The van der Waals surface area contributed by atoms with Crippen LogP contribution in [0.25, 0.3) is 0 Å². The fourth-order valence-corrected chi connectivity index (χ4v) is 5.74. The van der Waals surface area contributed by atoms with Gasteiger partial charge in [0.2, 0.25) is 29.5 Å². The molecule has 1 saturated heterocycles. The maximum atomic E-state index is 13.4. The molecule has 276 valence electrons. The number of unbranched alkanes of at least 4 members (excludes halogenated alkanes) is 1. The Morgan fingerprint density at radius 2 is 1.57 bits per heavy atom. The molecule has 0 unspecified atom stereocenters. The van der Waals surface area contributed by atoms with Crippen molar-refractivity contribution in [3.63, 3.8) is 0 Å². The summed E-state index contributed by atoms with van der Waals surface area (Å²) in [5.74, 6) is -5.11. The first kappa shape index (κ1) is 40.0. The van der Waals surface area contributed by atoms with Gasteiger partial charge in [-0.1, -0.05) is 63.9 Å². The average molecular weight is 708 g/mol. The number of carbonyl (C=O) groups excluding carboxylic acids is 6. The van der Waals surface area contributed by atoms with E-state index in [0.717, 1.165) is 5.56 Å². The second kappa shape index (κ2) is 19.1. The van der Waals surface area contributed by atoms with Gasteiger partial charge in [-0.2, -0.15) is 0 Å². The number of nitrogens with two attached hydrogens (primary N) is 1. The van der Waals surface area contributed by atoms with Gasteiger partial charge in [0, 0.05) is 17.9 Å². The van der Waals surface area contributed by atoms with Crippen LogP contribution in [0.2, 0.25) is 0 Å². The van der Waals surface area contributed by atoms with Gasteiger partial charge >= 0.3 is 12.0 Å². The number of nitrogens with one attached hydrogen (secondary N) is 5. The molecule has 0 spiro atoms. The smallest absolute Gasteiger partial charge is 0.323 e. The lowest BCUT2D eigenvalue weighted by atomic mass is 10.0. The molecule has 15 heteroatoms. The highest BCUT2D eigenvalue weighted by Gasteiger charge is 2.39. The van der Waals surface area contributed by atoms with Crippen molar-refractivity contribution in [1.29, 1.82) is 0 Å². The number of urea groups is 1. The van der Waals surface area contributed by atoms with Crippen LogP contribution < -0.4 is 32.3 Å². The minimum Gasteiger partial charge on any atom is -0.481 e. The minimum absolute atomic E-state index is 0.0917. The normalized spacial score (nSPS) is 15.6. The van der Waals surface area contributed by atoms with Gasteiger partial charge < -0.3 is 42.3 Å². The van der Waals surface area contributed by atoms with E-state index in [-0.39, 0.29) is 19.4 Å². The van der Waals surface area contributed by atoms with E-state index >= 15 is 0 Å². The first-order valence-corrected chi connectivity index (χ1v) is 17.1. The predicted octanol–water partition coefficient (Wildman–Crippen LogP) is 2.43. The number of aliphatic carboxylic acids is 1. The second-order valence-corrected chi connectivity index (χ2v) is 13.0. The Morgan fingerprint density at radius 1 is 0.902 bits per heavy atom. The van der Waals surface area contributed by atoms with Crippen LogP contribution >= 0.6 is 0 Å². The summed E-state index contributed by atoms with van der Waals surface area (Å²) < 4.78 is 0. The van der Waals surface area contributed by atoms with Crippen molar-refractivity contribution < 1.29 is 38.7 Å². The van der Waals surface area contributed by atoms with Crippen molar-refractivity contribution in [2.45, 2.75) is 96.8 Å². The first-order valence-electron chi connectivity index (χ1n) is 17.1. The third-order valence-corrected chi connectivity index (χ3v) is 8.57. The standard InChI is InChI=1S/C36H49N7O8/c1-5-6-11-26(39-29(44)19-23-14-16-24(17-15-23)38-36(51)41-25-12-8-7-10-22(25)4)33(48)40-27(20-30(45)46)34(49)42-31(21(2)3)35(50)43-18-9-13-28(43)32(37)47/h7-8,10,12,14-17,21,26-28,31H,5-6,9,11,13,18-20H2,1-4H3,(H2,37,47)(H,39,44)(H,40,48)(H,42,49)(H,45,46)(H2,38,41,51)/t26-,27-,28-,31-/m0/s1. The van der Waals surface area contributed by atoms with Gasteiger partial charge in [-0.15, -0.1) is 0 Å². The molecule has 15 nitrogen and oxygen atoms in total. The molecule has 1 fully saturated rings. The SMILES string of the molecule is CCCC[C@H](NC(=O)Cc1ccc(NC(=O)Nc2ccccc2C)cc1)C(=O)N[C@@H](CC(=O)O)C(=O)N[C@H](C(=O)N1CCC[C@H]1C(N)=O)C(C)C. The lowest BCUT2D eigenvalue weighted by molar-refractivity contribution is -0.143. The summed E-state index contributed by atoms with van der Waals surface area (Å²) in [4.78, 5) is 90.6. The Hall–Kier alpha value is -5.47. The molecule has 0 radical (unpaired) electrons. The van der Waals surface area contributed by atoms with Crippen molar-refractivity contribution >= 4 is 52.9 Å². The largest absolute Gasteiger partial charge is 0.481 e. The van der Waals surface area contributed by atoms with Crippen LogP contribution in [0.5, 0.6) is 0 Å². The van der Waals surface area contributed by atoms with Gasteiger partial charge in [0.1, 0.15) is 24.2 Å². The van der Waals surface area contributed by atoms with E-state index in [4.69, 9.17) is 5.73 Å². The van der Waals surface area contributed by atoms with Crippen LogP contribution in [-0.4, -0.2) is 82.3 Å². The number of hydrogen-bond acceptors (Lipinski definition) is 7. The van der Waals surface area contributed by atoms with E-state index in [0.29, 0.717) is 42.6 Å². The number of rotatable bonds is 17. The van der Waals surface area contributed by atoms with E-state index < -0.39 is 78.0 Å². The molecule has 0 bridgehead atoms. The highest BCUT2D eigenvalue weighted by molar-refractivity contribution is 6.00. The van der Waals surface area contributed by atoms with Gasteiger partial charge in [-0.3, -0.25) is 28.8 Å². The molecular formula is C36H49N7O8. The zero-order valence-corrected chi connectivity index (χ0v) is 29.5. The third kappa shape index (κ3) is 12.1. The van der Waals surface area contributed by atoms with Gasteiger partial charge in [-0.05, 0) is 61.4 Å². The number of nitrogens with zero attached hydrogens (tertiary/aromatic N) is 1. The summed E-state index contributed by atoms with van der Waals surface area (Å²) in [6.07, 6.45) is 1.58. The van der Waals surface area contributed by atoms with Crippen LogP contribution in [0, 0.1) is 12.8 Å². The number of carboxylic acids is 1. The van der Waals surface area contributed by atoms with Crippen molar-refractivity contribution in [1.82, 2.24) is 20.9 Å². The number of anilines is 2. The van der Waals surface area contributed by atoms with E-state index in [1.54, 1.807) is 44.2 Å². The zero-order chi connectivity index (χ0) is 37.7. The fourth-order valence-electron chi connectivity index (χ4n) is 5.74. The highest BCUT2D eigenvalue weighted by Crippen LogP contribution is 2.20. The number of primary amides is 1. The minimum atomic E-state index is -1.56. The molecule has 3 rings (SSSR count). The number of likely N-dealkylation sites (tertiary alicyclic amines) is 1. The van der Waals surface area contributed by atoms with E-state index in [1.165, 1.54) is 4.90 Å². The van der Waals surface area contributed by atoms with Gasteiger partial charge in [0.05, 0.1) is 12.8 Å². The van der Waals surface area contributed by atoms with Gasteiger partial charge in [0.15, 0.2) is 0 Å². The highest BCUT2D eigenvalue weighted by atomic mass is 16.4. The summed E-state index contributed by atoms with van der Waals surface area (Å²) in [5, 5.41) is 22.8. The summed E-state index contributed by atoms with van der Waals surface area (Å²) in [5.41, 5.74) is 8.16. The number of amides is 7. The maximum absolute atomic E-state index is 13.4. The second-order valence-electron chi connectivity index (χ2n) is 13.0.